The quantitative estimate of drug-likeness (QED) is 0.0631. The van der Waals surface area contributed by atoms with E-state index >= 15 is 0 Å². The van der Waals surface area contributed by atoms with Crippen LogP contribution in [0, 0.1) is 11.8 Å². The van der Waals surface area contributed by atoms with Crippen LogP contribution in [-0.2, 0) is 43.1 Å². The third-order valence-corrected chi connectivity index (χ3v) is 10.2. The number of alkyl carbamates (subject to hydrolysis) is 1. The van der Waals surface area contributed by atoms with Crippen LogP contribution >= 0.6 is 7.37 Å². The Bertz CT molecular complexity index is 1840. The number of amides is 4. The second-order valence-corrected chi connectivity index (χ2v) is 16.0. The molecule has 0 aliphatic rings. The highest BCUT2D eigenvalue weighted by Gasteiger charge is 2.33. The number of hydrogen-bond donors (Lipinski definition) is 6. The first kappa shape index (κ1) is 41.3. The van der Waals surface area contributed by atoms with E-state index in [1.807, 2.05) is 56.3 Å². The van der Waals surface area contributed by atoms with E-state index in [1.165, 1.54) is 12.1 Å². The molecule has 0 aliphatic heterocycles. The second kappa shape index (κ2) is 20.7. The van der Waals surface area contributed by atoms with Gasteiger partial charge in [-0.2, -0.15) is 0 Å². The Balaban J connectivity index is 1.45. The number of nitrogens with one attached hydrogen (secondary N) is 4. The minimum atomic E-state index is -4.21. The number of rotatable bonds is 19. The third-order valence-electron chi connectivity index (χ3n) is 8.58. The number of phenolic OH excluding ortho intramolecular Hbond substituents is 1. The van der Waals surface area contributed by atoms with E-state index in [-0.39, 0.29) is 31.1 Å². The molecule has 0 radical (unpaired) electrons. The smallest absolute Gasteiger partial charge is 0.408 e. The normalized spacial score (nSPS) is 13.8. The molecule has 0 saturated carbocycles. The Kier molecular flexibility index (Phi) is 15.8. The summed E-state index contributed by atoms with van der Waals surface area (Å²) in [5, 5.41) is 20.4. The van der Waals surface area contributed by atoms with Gasteiger partial charge < -0.3 is 36.0 Å². The Hall–Kier alpha value is -5.45. The highest BCUT2D eigenvalue weighted by atomic mass is 31.2. The predicted molar refractivity (Wildman–Crippen MR) is 208 cm³/mol. The van der Waals surface area contributed by atoms with Gasteiger partial charge in [-0.3, -0.25) is 18.9 Å². The number of hydrogen-bond acceptors (Lipinski definition) is 7. The van der Waals surface area contributed by atoms with Gasteiger partial charge in [0.2, 0.25) is 25.1 Å². The first-order valence-corrected chi connectivity index (χ1v) is 19.9. The van der Waals surface area contributed by atoms with E-state index in [0.29, 0.717) is 24.1 Å². The van der Waals surface area contributed by atoms with Crippen molar-refractivity contribution >= 4 is 36.9 Å². The molecule has 12 nitrogen and oxygen atoms in total. The molecule has 4 aromatic rings. The standard InChI is InChI=1S/C41H49N4O8P/c1-29(2)24-36(40(49)43-34-16-10-5-11-17-34)44-38(47)33(21-18-30-12-6-3-7-13-30)27-54(51,52)28-42-39(48)37(25-31-19-22-35(46)23-20-31)45-41(50)53-26-32-14-8-4-9-15-32/h3-17,19-20,22-23,29,33,36-37,46H,18,21,24-28H2,1-2H3,(H,42,48)(H,43,49)(H,44,47)(H,45,50)(H,51,52)/t33?,36-,37-/m0/s1. The predicted octanol–water partition coefficient (Wildman–Crippen LogP) is 5.99. The molecule has 13 heteroatoms. The number of ether oxygens (including phenoxy) is 1. The average Bonchev–Trinajstić information content (AvgIpc) is 3.16. The van der Waals surface area contributed by atoms with E-state index < -0.39 is 61.6 Å². The van der Waals surface area contributed by atoms with Crippen LogP contribution in [-0.4, -0.2) is 58.3 Å². The van der Waals surface area contributed by atoms with Crippen molar-refractivity contribution in [1.82, 2.24) is 16.0 Å². The molecule has 0 aliphatic carbocycles. The van der Waals surface area contributed by atoms with Crippen LogP contribution < -0.4 is 21.3 Å². The van der Waals surface area contributed by atoms with Crippen LogP contribution in [0.15, 0.2) is 115 Å². The lowest BCUT2D eigenvalue weighted by atomic mass is 9.98. The number of carbonyl (C=O) groups excluding carboxylic acids is 4. The summed E-state index contributed by atoms with van der Waals surface area (Å²) in [4.78, 5) is 64.6. The van der Waals surface area contributed by atoms with E-state index in [4.69, 9.17) is 4.74 Å². The van der Waals surface area contributed by atoms with Crippen molar-refractivity contribution in [3.8, 4) is 5.75 Å². The Morgan fingerprint density at radius 1 is 0.704 bits per heavy atom. The molecule has 0 aromatic heterocycles. The summed E-state index contributed by atoms with van der Waals surface area (Å²) in [6.07, 6.45) is -1.03. The zero-order valence-corrected chi connectivity index (χ0v) is 31.4. The zero-order valence-electron chi connectivity index (χ0n) is 30.5. The van der Waals surface area contributed by atoms with Crippen molar-refractivity contribution in [3.63, 3.8) is 0 Å². The minimum absolute atomic E-state index is 0.00727. The summed E-state index contributed by atoms with van der Waals surface area (Å²) in [6.45, 7) is 3.82. The van der Waals surface area contributed by atoms with Gasteiger partial charge in [0.1, 0.15) is 24.4 Å². The van der Waals surface area contributed by atoms with Gasteiger partial charge in [0.25, 0.3) is 0 Å². The summed E-state index contributed by atoms with van der Waals surface area (Å²) in [5.41, 5.74) is 2.85. The Labute approximate surface area is 316 Å². The van der Waals surface area contributed by atoms with Gasteiger partial charge in [0.05, 0.1) is 6.29 Å². The van der Waals surface area contributed by atoms with Crippen molar-refractivity contribution in [3.05, 3.63) is 132 Å². The summed E-state index contributed by atoms with van der Waals surface area (Å²) in [5.74, 6) is -2.59. The van der Waals surface area contributed by atoms with Gasteiger partial charge >= 0.3 is 6.09 Å². The van der Waals surface area contributed by atoms with Gasteiger partial charge in [0.15, 0.2) is 0 Å². The monoisotopic (exact) mass is 756 g/mol. The van der Waals surface area contributed by atoms with Crippen LogP contribution in [0.25, 0.3) is 0 Å². The summed E-state index contributed by atoms with van der Waals surface area (Å²) < 4.78 is 19.0. The highest BCUT2D eigenvalue weighted by Crippen LogP contribution is 2.42. The molecule has 0 spiro atoms. The van der Waals surface area contributed by atoms with E-state index in [9.17, 15) is 33.7 Å². The number of para-hydroxylation sites is 1. The third kappa shape index (κ3) is 14.5. The van der Waals surface area contributed by atoms with Crippen molar-refractivity contribution in [2.75, 3.05) is 17.8 Å². The van der Waals surface area contributed by atoms with Crippen molar-refractivity contribution in [2.45, 2.75) is 58.2 Å². The molecule has 4 rings (SSSR count). The molecule has 0 heterocycles. The number of carbonyl (C=O) groups is 4. The van der Waals surface area contributed by atoms with Crippen LogP contribution in [0.2, 0.25) is 0 Å². The van der Waals surface area contributed by atoms with Gasteiger partial charge in [-0.1, -0.05) is 105 Å². The highest BCUT2D eigenvalue weighted by molar-refractivity contribution is 7.58. The molecule has 286 valence electrons. The SMILES string of the molecule is CC(C)C[C@H](NC(=O)C(CCc1ccccc1)CP(=O)(O)CNC(=O)[C@H](Cc1ccc(O)cc1)NC(=O)OCc1ccccc1)C(=O)Nc1ccccc1. The van der Waals surface area contributed by atoms with Crippen molar-refractivity contribution in [2.24, 2.45) is 11.8 Å². The molecule has 0 bridgehead atoms. The number of aromatic hydroxyl groups is 1. The number of phenols is 1. The maximum atomic E-state index is 13.9. The van der Waals surface area contributed by atoms with Gasteiger partial charge in [-0.05, 0) is 66.1 Å². The fourth-order valence-corrected chi connectivity index (χ4v) is 7.32. The lowest BCUT2D eigenvalue weighted by molar-refractivity contribution is -0.129. The second-order valence-electron chi connectivity index (χ2n) is 13.6. The number of aryl methyl sites for hydroxylation is 1. The molecular weight excluding hydrogens is 707 g/mol. The van der Waals surface area contributed by atoms with Gasteiger partial charge in [0, 0.05) is 24.2 Å². The van der Waals surface area contributed by atoms with Crippen molar-refractivity contribution in [1.29, 1.82) is 0 Å². The van der Waals surface area contributed by atoms with E-state index in [1.54, 1.807) is 60.7 Å². The lowest BCUT2D eigenvalue weighted by Crippen LogP contribution is -2.49. The Morgan fingerprint density at radius 2 is 1.30 bits per heavy atom. The van der Waals surface area contributed by atoms with Crippen LogP contribution in [0.4, 0.5) is 10.5 Å². The van der Waals surface area contributed by atoms with Gasteiger partial charge in [-0.15, -0.1) is 0 Å². The molecule has 2 unspecified atom stereocenters. The van der Waals surface area contributed by atoms with E-state index in [0.717, 1.165) is 11.1 Å². The van der Waals surface area contributed by atoms with Crippen LogP contribution in [0.1, 0.15) is 43.4 Å². The first-order valence-electron chi connectivity index (χ1n) is 17.9. The molecule has 6 N–H and O–H groups in total. The molecule has 4 amide bonds. The lowest BCUT2D eigenvalue weighted by Gasteiger charge is -2.25. The molecule has 4 aromatic carbocycles. The topological polar surface area (TPSA) is 183 Å². The molecular formula is C41H49N4O8P. The molecule has 0 saturated heterocycles. The molecule has 0 fully saturated rings. The zero-order chi connectivity index (χ0) is 38.9. The average molecular weight is 757 g/mol. The Morgan fingerprint density at radius 3 is 1.91 bits per heavy atom. The largest absolute Gasteiger partial charge is 0.508 e. The number of anilines is 1. The van der Waals surface area contributed by atoms with Crippen molar-refractivity contribution < 1.29 is 38.5 Å². The van der Waals surface area contributed by atoms with Gasteiger partial charge in [-0.25, -0.2) is 4.79 Å². The fraction of sp³-hybridized carbons (Fsp3) is 0.317. The number of benzene rings is 4. The van der Waals surface area contributed by atoms with Crippen LogP contribution in [0.5, 0.6) is 5.75 Å². The summed E-state index contributed by atoms with van der Waals surface area (Å²) >= 11 is 0. The van der Waals surface area contributed by atoms with Crippen LogP contribution in [0.3, 0.4) is 0 Å². The molecule has 4 atom stereocenters. The maximum absolute atomic E-state index is 13.9. The fourth-order valence-electron chi connectivity index (χ4n) is 5.75. The summed E-state index contributed by atoms with van der Waals surface area (Å²) in [7, 11) is -4.21. The van der Waals surface area contributed by atoms with E-state index in [2.05, 4.69) is 21.3 Å². The molecule has 54 heavy (non-hydrogen) atoms. The maximum Gasteiger partial charge on any atom is 0.408 e. The first-order chi connectivity index (χ1) is 25.9. The minimum Gasteiger partial charge on any atom is -0.508 e. The summed E-state index contributed by atoms with van der Waals surface area (Å²) in [6, 6.07) is 31.2.